The van der Waals surface area contributed by atoms with E-state index in [9.17, 15) is 4.79 Å². The van der Waals surface area contributed by atoms with Crippen LogP contribution in [0.25, 0.3) is 11.5 Å². The number of nitrogens with zero attached hydrogens (tertiary/aromatic N) is 5. The van der Waals surface area contributed by atoms with E-state index < -0.39 is 0 Å². The summed E-state index contributed by atoms with van der Waals surface area (Å²) in [4.78, 5) is 18.1. The Morgan fingerprint density at radius 2 is 2.09 bits per heavy atom. The molecule has 1 aliphatic heterocycles. The van der Waals surface area contributed by atoms with Crippen LogP contribution in [-0.4, -0.2) is 46.7 Å². The summed E-state index contributed by atoms with van der Waals surface area (Å²) in [5.74, 6) is 1.22. The third-order valence-corrected chi connectivity index (χ3v) is 5.05. The number of hydrogen-bond acceptors (Lipinski definition) is 8. The average Bonchev–Trinajstić information content (AvgIpc) is 3.47. The third kappa shape index (κ3) is 5.21. The van der Waals surface area contributed by atoms with Crippen molar-refractivity contribution >= 4 is 5.91 Å². The van der Waals surface area contributed by atoms with Gasteiger partial charge in [0.2, 0.25) is 0 Å². The summed E-state index contributed by atoms with van der Waals surface area (Å²) in [6, 6.07) is 16.4. The van der Waals surface area contributed by atoms with Crippen LogP contribution in [0.1, 0.15) is 23.4 Å². The van der Waals surface area contributed by atoms with Crippen LogP contribution in [0.2, 0.25) is 0 Å². The van der Waals surface area contributed by atoms with Crippen molar-refractivity contribution in [1.82, 2.24) is 20.4 Å². The molecule has 1 atom stereocenters. The predicted molar refractivity (Wildman–Crippen MR) is 113 cm³/mol. The van der Waals surface area contributed by atoms with Crippen molar-refractivity contribution < 1.29 is 14.1 Å². The molecular weight excluding hydrogens is 408 g/mol. The number of likely N-dealkylation sites (tertiary alicyclic amines) is 1. The van der Waals surface area contributed by atoms with Gasteiger partial charge in [0.05, 0.1) is 11.6 Å². The van der Waals surface area contributed by atoms with Gasteiger partial charge in [-0.3, -0.25) is 4.79 Å². The molecule has 1 aliphatic rings. The smallest absolute Gasteiger partial charge is 0.258 e. The van der Waals surface area contributed by atoms with Gasteiger partial charge < -0.3 is 19.5 Å². The number of nitriles is 2. The first-order valence-corrected chi connectivity index (χ1v) is 10.1. The van der Waals surface area contributed by atoms with Gasteiger partial charge in [0.15, 0.2) is 18.6 Å². The van der Waals surface area contributed by atoms with Gasteiger partial charge in [-0.1, -0.05) is 17.3 Å². The zero-order valence-corrected chi connectivity index (χ0v) is 17.2. The van der Waals surface area contributed by atoms with Crippen molar-refractivity contribution in [1.29, 1.82) is 10.5 Å². The van der Waals surface area contributed by atoms with E-state index in [1.165, 1.54) is 0 Å². The first-order chi connectivity index (χ1) is 15.6. The summed E-state index contributed by atoms with van der Waals surface area (Å²) in [5, 5.41) is 24.8. The summed E-state index contributed by atoms with van der Waals surface area (Å²) in [6.45, 7) is 1.09. The van der Waals surface area contributed by atoms with E-state index in [1.807, 2.05) is 12.1 Å². The Hall–Kier alpha value is -4.37. The number of aromatic nitrogens is 2. The standard InChI is InChI=1S/C23H20N6O3/c24-12-17-3-1-2-16(10-17)11-21-27-23(32-28-21)18-4-6-20(7-5-18)31-14-22(30)26-19-8-9-29(13-19)15-25/h1-7,10,19H,8-9,11,13-14H2,(H,26,30). The van der Waals surface area contributed by atoms with Gasteiger partial charge >= 0.3 is 0 Å². The Balaban J connectivity index is 1.29. The number of nitrogens with one attached hydrogen (secondary N) is 1. The Bertz CT molecular complexity index is 1180. The lowest BCUT2D eigenvalue weighted by Crippen LogP contribution is -2.39. The summed E-state index contributed by atoms with van der Waals surface area (Å²) < 4.78 is 10.9. The Kier molecular flexibility index (Phi) is 6.28. The second-order valence-corrected chi connectivity index (χ2v) is 7.42. The van der Waals surface area contributed by atoms with Crippen LogP contribution in [0.5, 0.6) is 5.75 Å². The normalized spacial score (nSPS) is 15.1. The lowest BCUT2D eigenvalue weighted by molar-refractivity contribution is -0.123. The maximum absolute atomic E-state index is 12.1. The van der Waals surface area contributed by atoms with Crippen molar-refractivity contribution in [2.24, 2.45) is 0 Å². The van der Waals surface area contributed by atoms with E-state index >= 15 is 0 Å². The highest BCUT2D eigenvalue weighted by Crippen LogP contribution is 2.22. The molecule has 32 heavy (non-hydrogen) atoms. The SMILES string of the molecule is N#Cc1cccc(Cc2noc(-c3ccc(OCC(=O)NC4CCN(C#N)C4)cc3)n2)c1. The van der Waals surface area contributed by atoms with Crippen LogP contribution in [-0.2, 0) is 11.2 Å². The third-order valence-electron chi connectivity index (χ3n) is 5.05. The topological polar surface area (TPSA) is 128 Å². The van der Waals surface area contributed by atoms with Crippen LogP contribution < -0.4 is 10.1 Å². The Morgan fingerprint density at radius 3 is 2.84 bits per heavy atom. The quantitative estimate of drug-likeness (QED) is 0.568. The molecule has 0 bridgehead atoms. The molecule has 3 aromatic rings. The fraction of sp³-hybridized carbons (Fsp3) is 0.261. The molecule has 0 spiro atoms. The highest BCUT2D eigenvalue weighted by Gasteiger charge is 2.23. The van der Waals surface area contributed by atoms with Gasteiger partial charge in [-0.05, 0) is 48.4 Å². The molecule has 2 aromatic carbocycles. The van der Waals surface area contributed by atoms with Crippen molar-refractivity contribution in [3.8, 4) is 29.5 Å². The predicted octanol–water partition coefficient (Wildman–Crippen LogP) is 2.25. The summed E-state index contributed by atoms with van der Waals surface area (Å²) in [7, 11) is 0. The molecule has 1 saturated heterocycles. The van der Waals surface area contributed by atoms with E-state index in [1.54, 1.807) is 41.3 Å². The maximum Gasteiger partial charge on any atom is 0.258 e. The first kappa shape index (κ1) is 20.9. The lowest BCUT2D eigenvalue weighted by Gasteiger charge is -2.12. The summed E-state index contributed by atoms with van der Waals surface area (Å²) in [5.41, 5.74) is 2.24. The largest absolute Gasteiger partial charge is 0.484 e. The minimum Gasteiger partial charge on any atom is -0.484 e. The number of amides is 1. The second kappa shape index (κ2) is 9.63. The Labute approximate surface area is 184 Å². The van der Waals surface area contributed by atoms with E-state index in [2.05, 4.69) is 27.7 Å². The number of benzene rings is 2. The van der Waals surface area contributed by atoms with Gasteiger partial charge in [0.25, 0.3) is 11.8 Å². The monoisotopic (exact) mass is 428 g/mol. The molecule has 160 valence electrons. The maximum atomic E-state index is 12.1. The van der Waals surface area contributed by atoms with Gasteiger partial charge in [-0.15, -0.1) is 0 Å². The average molecular weight is 428 g/mol. The fourth-order valence-corrected chi connectivity index (χ4v) is 3.46. The van der Waals surface area contributed by atoms with Crippen LogP contribution >= 0.6 is 0 Å². The van der Waals surface area contributed by atoms with Gasteiger partial charge in [0, 0.05) is 31.1 Å². The molecule has 4 rings (SSSR count). The molecular formula is C23H20N6O3. The molecule has 0 aliphatic carbocycles. The molecule has 0 saturated carbocycles. The van der Waals surface area contributed by atoms with Crippen molar-refractivity contribution in [2.45, 2.75) is 18.9 Å². The first-order valence-electron chi connectivity index (χ1n) is 10.1. The van der Waals surface area contributed by atoms with E-state index in [0.717, 1.165) is 17.5 Å². The molecule has 1 N–H and O–H groups in total. The lowest BCUT2D eigenvalue weighted by atomic mass is 10.1. The number of carbonyl (C=O) groups excluding carboxylic acids is 1. The fourth-order valence-electron chi connectivity index (χ4n) is 3.46. The van der Waals surface area contributed by atoms with Crippen LogP contribution in [0, 0.1) is 22.8 Å². The molecule has 2 heterocycles. The number of rotatable bonds is 7. The number of hydrogen-bond donors (Lipinski definition) is 1. The molecule has 1 aromatic heterocycles. The minimum absolute atomic E-state index is 0.0257. The van der Waals surface area contributed by atoms with Crippen LogP contribution in [0.4, 0.5) is 0 Å². The van der Waals surface area contributed by atoms with Crippen molar-refractivity contribution in [2.75, 3.05) is 19.7 Å². The van der Waals surface area contributed by atoms with Crippen molar-refractivity contribution in [3.05, 3.63) is 65.5 Å². The highest BCUT2D eigenvalue weighted by molar-refractivity contribution is 5.78. The summed E-state index contributed by atoms with van der Waals surface area (Å²) >= 11 is 0. The Morgan fingerprint density at radius 1 is 1.25 bits per heavy atom. The van der Waals surface area contributed by atoms with E-state index in [4.69, 9.17) is 19.8 Å². The zero-order chi connectivity index (χ0) is 22.3. The van der Waals surface area contributed by atoms with E-state index in [0.29, 0.717) is 42.5 Å². The summed E-state index contributed by atoms with van der Waals surface area (Å²) in [6.07, 6.45) is 3.30. The molecule has 1 amide bonds. The zero-order valence-electron chi connectivity index (χ0n) is 17.2. The molecule has 9 nitrogen and oxygen atoms in total. The van der Waals surface area contributed by atoms with Gasteiger partial charge in [-0.2, -0.15) is 15.5 Å². The van der Waals surface area contributed by atoms with E-state index in [-0.39, 0.29) is 18.6 Å². The van der Waals surface area contributed by atoms with Crippen molar-refractivity contribution in [3.63, 3.8) is 0 Å². The second-order valence-electron chi connectivity index (χ2n) is 7.42. The van der Waals surface area contributed by atoms with Gasteiger partial charge in [-0.25, -0.2) is 0 Å². The minimum atomic E-state index is -0.221. The highest BCUT2D eigenvalue weighted by atomic mass is 16.5. The molecule has 1 fully saturated rings. The molecule has 0 radical (unpaired) electrons. The van der Waals surface area contributed by atoms with Gasteiger partial charge in [0.1, 0.15) is 5.75 Å². The molecule has 1 unspecified atom stereocenters. The van der Waals surface area contributed by atoms with Crippen LogP contribution in [0.15, 0.2) is 53.1 Å². The number of ether oxygens (including phenoxy) is 1. The van der Waals surface area contributed by atoms with Crippen LogP contribution in [0.3, 0.4) is 0 Å². The molecule has 9 heteroatoms. The number of carbonyl (C=O) groups is 1.